The molecule has 11 heteroatoms. The molecule has 4 rings (SSSR count). The number of ether oxygens (including phenoxy) is 3. The molecule has 4 aromatic rings. The smallest absolute Gasteiger partial charge is 0.277 e. The molecule has 2 aromatic heterocycles. The van der Waals surface area contributed by atoms with E-state index in [0.717, 1.165) is 27.7 Å². The molecule has 1 N–H and O–H groups in total. The standard InChI is InChI=1S/C21H20N4O5S2/c1-4-29-13-6-7-14-17(10-13)32-20(22-14)23-18(26)11-31-21-25-24-19(30-21)12-5-8-15(27-2)16(9-12)28-3/h5-10H,4,11H2,1-3H3,(H,22,23,26). The first kappa shape index (κ1) is 21.9. The van der Waals surface area contributed by atoms with Gasteiger partial charge in [0.05, 0.1) is 36.8 Å². The van der Waals surface area contributed by atoms with Gasteiger partial charge in [-0.2, -0.15) is 0 Å². The van der Waals surface area contributed by atoms with Gasteiger partial charge in [-0.1, -0.05) is 23.1 Å². The van der Waals surface area contributed by atoms with E-state index in [1.165, 1.54) is 11.3 Å². The molecule has 0 unspecified atom stereocenters. The highest BCUT2D eigenvalue weighted by Crippen LogP contribution is 2.33. The molecule has 0 aliphatic carbocycles. The molecule has 0 saturated carbocycles. The van der Waals surface area contributed by atoms with E-state index in [0.29, 0.717) is 34.7 Å². The molecular weight excluding hydrogens is 452 g/mol. The molecule has 166 valence electrons. The number of fused-ring (bicyclic) bond motifs is 1. The number of carbonyl (C=O) groups is 1. The van der Waals surface area contributed by atoms with E-state index >= 15 is 0 Å². The molecule has 0 aliphatic rings. The maximum atomic E-state index is 12.4. The zero-order valence-corrected chi connectivity index (χ0v) is 19.2. The molecule has 9 nitrogen and oxygen atoms in total. The molecular formula is C21H20N4O5S2. The summed E-state index contributed by atoms with van der Waals surface area (Å²) in [6.45, 7) is 2.52. The lowest BCUT2D eigenvalue weighted by Gasteiger charge is -2.07. The highest BCUT2D eigenvalue weighted by Gasteiger charge is 2.15. The summed E-state index contributed by atoms with van der Waals surface area (Å²) in [6, 6.07) is 10.9. The Morgan fingerprint density at radius 2 is 1.97 bits per heavy atom. The van der Waals surface area contributed by atoms with Gasteiger partial charge in [-0.3, -0.25) is 4.79 Å². The Morgan fingerprint density at radius 1 is 1.12 bits per heavy atom. The second-order valence-corrected chi connectivity index (χ2v) is 8.32. The first-order chi connectivity index (χ1) is 15.6. The van der Waals surface area contributed by atoms with E-state index in [1.54, 1.807) is 32.4 Å². The van der Waals surface area contributed by atoms with E-state index in [4.69, 9.17) is 18.6 Å². The second-order valence-electron chi connectivity index (χ2n) is 6.36. The van der Waals surface area contributed by atoms with Crippen molar-refractivity contribution in [1.29, 1.82) is 0 Å². The topological polar surface area (TPSA) is 109 Å². The van der Waals surface area contributed by atoms with Crippen LogP contribution in [0, 0.1) is 0 Å². The van der Waals surface area contributed by atoms with Crippen molar-refractivity contribution in [3.8, 4) is 28.7 Å². The predicted octanol–water partition coefficient (Wildman–Crippen LogP) is 4.49. The summed E-state index contributed by atoms with van der Waals surface area (Å²) >= 11 is 2.53. The molecule has 0 spiro atoms. The third-order valence-corrected chi connectivity index (χ3v) is 6.03. The second kappa shape index (κ2) is 9.88. The van der Waals surface area contributed by atoms with Crippen LogP contribution in [0.2, 0.25) is 0 Å². The Balaban J connectivity index is 1.37. The van der Waals surface area contributed by atoms with Gasteiger partial charge in [0.25, 0.3) is 5.22 Å². The first-order valence-electron chi connectivity index (χ1n) is 9.61. The summed E-state index contributed by atoms with van der Waals surface area (Å²) in [5, 5.41) is 11.7. The lowest BCUT2D eigenvalue weighted by Crippen LogP contribution is -2.13. The fourth-order valence-corrected chi connectivity index (χ4v) is 4.33. The van der Waals surface area contributed by atoms with Gasteiger partial charge >= 0.3 is 0 Å². The van der Waals surface area contributed by atoms with Gasteiger partial charge in [-0.25, -0.2) is 4.98 Å². The Hall–Kier alpha value is -3.31. The Kier molecular flexibility index (Phi) is 6.76. The van der Waals surface area contributed by atoms with Crippen LogP contribution in [0.5, 0.6) is 17.2 Å². The number of hydrogen-bond acceptors (Lipinski definition) is 10. The minimum atomic E-state index is -0.218. The van der Waals surface area contributed by atoms with Crippen molar-refractivity contribution in [3.63, 3.8) is 0 Å². The molecule has 0 radical (unpaired) electrons. The van der Waals surface area contributed by atoms with Gasteiger partial charge in [0.2, 0.25) is 11.8 Å². The summed E-state index contributed by atoms with van der Waals surface area (Å²) in [4.78, 5) is 16.8. The number of thioether (sulfide) groups is 1. The number of carbonyl (C=O) groups excluding carboxylic acids is 1. The SMILES string of the molecule is CCOc1ccc2nc(NC(=O)CSc3nnc(-c4ccc(OC)c(OC)c4)o3)sc2c1. The van der Waals surface area contributed by atoms with Gasteiger partial charge in [-0.15, -0.1) is 10.2 Å². The third-order valence-electron chi connectivity index (χ3n) is 4.28. The number of thiazole rings is 1. The van der Waals surface area contributed by atoms with Crippen molar-refractivity contribution in [2.24, 2.45) is 0 Å². The van der Waals surface area contributed by atoms with E-state index in [9.17, 15) is 4.79 Å². The van der Waals surface area contributed by atoms with E-state index in [1.807, 2.05) is 25.1 Å². The van der Waals surface area contributed by atoms with Gasteiger partial charge in [0, 0.05) is 5.56 Å². The van der Waals surface area contributed by atoms with Crippen LogP contribution in [-0.4, -0.2) is 47.7 Å². The minimum absolute atomic E-state index is 0.105. The highest BCUT2D eigenvalue weighted by atomic mass is 32.2. The molecule has 0 aliphatic heterocycles. The summed E-state index contributed by atoms with van der Waals surface area (Å²) < 4.78 is 22.6. The number of rotatable bonds is 9. The van der Waals surface area contributed by atoms with Crippen molar-refractivity contribution in [2.45, 2.75) is 12.1 Å². The average molecular weight is 473 g/mol. The van der Waals surface area contributed by atoms with Gasteiger partial charge < -0.3 is 23.9 Å². The predicted molar refractivity (Wildman–Crippen MR) is 123 cm³/mol. The summed E-state index contributed by atoms with van der Waals surface area (Å²) in [5.74, 6) is 2.15. The first-order valence-corrected chi connectivity index (χ1v) is 11.4. The van der Waals surface area contributed by atoms with Gasteiger partial charge in [0.1, 0.15) is 5.75 Å². The number of nitrogens with one attached hydrogen (secondary N) is 1. The fraction of sp³-hybridized carbons (Fsp3) is 0.238. The molecule has 0 bridgehead atoms. The lowest BCUT2D eigenvalue weighted by atomic mass is 10.2. The number of benzene rings is 2. The van der Waals surface area contributed by atoms with Gasteiger partial charge in [0.15, 0.2) is 16.6 Å². The van der Waals surface area contributed by atoms with E-state index < -0.39 is 0 Å². The van der Waals surface area contributed by atoms with Crippen LogP contribution >= 0.6 is 23.1 Å². The number of amides is 1. The monoisotopic (exact) mass is 472 g/mol. The fourth-order valence-electron chi connectivity index (χ4n) is 2.85. The third kappa shape index (κ3) is 4.94. The van der Waals surface area contributed by atoms with Crippen LogP contribution in [0.3, 0.4) is 0 Å². The number of aromatic nitrogens is 3. The maximum absolute atomic E-state index is 12.4. The van der Waals surface area contributed by atoms with E-state index in [2.05, 4.69) is 20.5 Å². The molecule has 0 fully saturated rings. The number of anilines is 1. The van der Waals surface area contributed by atoms with Gasteiger partial charge in [-0.05, 0) is 43.3 Å². The van der Waals surface area contributed by atoms with Crippen molar-refractivity contribution in [2.75, 3.05) is 31.9 Å². The molecule has 32 heavy (non-hydrogen) atoms. The van der Waals surface area contributed by atoms with E-state index in [-0.39, 0.29) is 16.9 Å². The Labute approximate surface area is 192 Å². The molecule has 2 heterocycles. The Bertz CT molecular complexity index is 1240. The van der Waals surface area contributed by atoms with Crippen LogP contribution < -0.4 is 19.5 Å². The zero-order valence-electron chi connectivity index (χ0n) is 17.6. The van der Waals surface area contributed by atoms with Crippen LogP contribution in [0.1, 0.15) is 6.92 Å². The Morgan fingerprint density at radius 3 is 2.75 bits per heavy atom. The molecule has 0 atom stereocenters. The van der Waals surface area contributed by atoms with Crippen LogP contribution in [-0.2, 0) is 4.79 Å². The van der Waals surface area contributed by atoms with Crippen molar-refractivity contribution >= 4 is 44.4 Å². The maximum Gasteiger partial charge on any atom is 0.277 e. The van der Waals surface area contributed by atoms with Crippen molar-refractivity contribution in [1.82, 2.24) is 15.2 Å². The minimum Gasteiger partial charge on any atom is -0.494 e. The molecule has 1 amide bonds. The van der Waals surface area contributed by atoms with Crippen LogP contribution in [0.15, 0.2) is 46.0 Å². The number of hydrogen-bond donors (Lipinski definition) is 1. The van der Waals surface area contributed by atoms with Crippen molar-refractivity contribution < 1.29 is 23.4 Å². The highest BCUT2D eigenvalue weighted by molar-refractivity contribution is 7.99. The summed E-state index contributed by atoms with van der Waals surface area (Å²) in [5.41, 5.74) is 1.49. The van der Waals surface area contributed by atoms with Crippen molar-refractivity contribution in [3.05, 3.63) is 36.4 Å². The quantitative estimate of drug-likeness (QED) is 0.352. The summed E-state index contributed by atoms with van der Waals surface area (Å²) in [7, 11) is 3.12. The molecule has 2 aromatic carbocycles. The molecule has 0 saturated heterocycles. The largest absolute Gasteiger partial charge is 0.494 e. The zero-order chi connectivity index (χ0) is 22.5. The van der Waals surface area contributed by atoms with Crippen LogP contribution in [0.25, 0.3) is 21.7 Å². The normalized spacial score (nSPS) is 10.8. The lowest BCUT2D eigenvalue weighted by molar-refractivity contribution is -0.113. The van der Waals surface area contributed by atoms with Crippen LogP contribution in [0.4, 0.5) is 5.13 Å². The number of methoxy groups -OCH3 is 2. The number of nitrogens with zero attached hydrogens (tertiary/aromatic N) is 3. The average Bonchev–Trinajstić information content (AvgIpc) is 3.43. The summed E-state index contributed by atoms with van der Waals surface area (Å²) in [6.07, 6.45) is 0.